The van der Waals surface area contributed by atoms with Gasteiger partial charge in [0.25, 0.3) is 0 Å². The fraction of sp³-hybridized carbons (Fsp3) is 0.792. The van der Waals surface area contributed by atoms with Crippen molar-refractivity contribution in [2.45, 2.75) is 354 Å². The van der Waals surface area contributed by atoms with Gasteiger partial charge >= 0.3 is 17.9 Å². The smallest absolute Gasteiger partial charge is 0.306 e. The molecule has 0 aliphatic rings. The van der Waals surface area contributed by atoms with Gasteiger partial charge in [0.15, 0.2) is 6.10 Å². The van der Waals surface area contributed by atoms with Crippen LogP contribution in [0.3, 0.4) is 0 Å². The topological polar surface area (TPSA) is 78.9 Å². The molecular weight excluding hydrogens is 961 g/mol. The summed E-state index contributed by atoms with van der Waals surface area (Å²) in [6.45, 7) is 6.48. The minimum atomic E-state index is -0.803. The predicted octanol–water partition coefficient (Wildman–Crippen LogP) is 23.3. The maximum Gasteiger partial charge on any atom is 0.306 e. The minimum absolute atomic E-state index is 0.0942. The van der Waals surface area contributed by atoms with E-state index in [0.29, 0.717) is 19.3 Å². The van der Waals surface area contributed by atoms with Gasteiger partial charge in [-0.15, -0.1) is 0 Å². The molecule has 1 unspecified atom stereocenters. The Balaban J connectivity index is 4.17. The van der Waals surface area contributed by atoms with Crippen LogP contribution in [0.5, 0.6) is 0 Å². The number of allylic oxidation sites excluding steroid dienone is 12. The maximum absolute atomic E-state index is 12.9. The Labute approximate surface area is 484 Å². The minimum Gasteiger partial charge on any atom is -0.462 e. The first-order valence-corrected chi connectivity index (χ1v) is 33.9. The number of esters is 3. The van der Waals surface area contributed by atoms with Gasteiger partial charge in [0.1, 0.15) is 13.2 Å². The van der Waals surface area contributed by atoms with Crippen molar-refractivity contribution in [2.24, 2.45) is 0 Å². The Bertz CT molecular complexity index is 1440. The molecule has 0 fully saturated rings. The van der Waals surface area contributed by atoms with Gasteiger partial charge in [-0.2, -0.15) is 0 Å². The van der Waals surface area contributed by atoms with E-state index in [1.165, 1.54) is 199 Å². The lowest BCUT2D eigenvalue weighted by Gasteiger charge is -2.18. The zero-order valence-electron chi connectivity index (χ0n) is 51.9. The van der Waals surface area contributed by atoms with Crippen LogP contribution in [0.4, 0.5) is 0 Å². The average Bonchev–Trinajstić information content (AvgIpc) is 3.44. The molecule has 0 radical (unpaired) electrons. The highest BCUT2D eigenvalue weighted by Crippen LogP contribution is 2.18. The van der Waals surface area contributed by atoms with Gasteiger partial charge < -0.3 is 14.2 Å². The summed E-state index contributed by atoms with van der Waals surface area (Å²) < 4.78 is 16.9. The lowest BCUT2D eigenvalue weighted by Crippen LogP contribution is -2.30. The van der Waals surface area contributed by atoms with Gasteiger partial charge in [0, 0.05) is 19.3 Å². The molecular formula is C72H128O6. The summed E-state index contributed by atoms with van der Waals surface area (Å²) in [6.07, 6.45) is 86.6. The molecule has 0 N–H and O–H groups in total. The Morgan fingerprint density at radius 3 is 0.846 bits per heavy atom. The fourth-order valence-electron chi connectivity index (χ4n) is 9.87. The first kappa shape index (κ1) is 74.8. The van der Waals surface area contributed by atoms with Crippen molar-refractivity contribution >= 4 is 17.9 Å². The highest BCUT2D eigenvalue weighted by molar-refractivity contribution is 5.71. The molecule has 0 aliphatic heterocycles. The Hall–Kier alpha value is -3.15. The molecule has 0 aromatic rings. The van der Waals surface area contributed by atoms with E-state index < -0.39 is 6.10 Å². The SMILES string of the molecule is CC/C=C\C/C=C\C/C=C\C/C=C\CCCCC(=O)OC(COC(=O)CCCCCCC/C=C\C/C=C\CCCC)COC(=O)CCCCCCCCCCCCCCCCCCCCCCCCCCCCCCCCC. The van der Waals surface area contributed by atoms with Crippen LogP contribution in [-0.4, -0.2) is 37.2 Å². The first-order valence-electron chi connectivity index (χ1n) is 33.9. The highest BCUT2D eigenvalue weighted by atomic mass is 16.6. The number of unbranched alkanes of at least 4 members (excludes halogenated alkanes) is 39. The molecule has 0 rings (SSSR count). The monoisotopic (exact) mass is 1090 g/mol. The van der Waals surface area contributed by atoms with Gasteiger partial charge in [-0.1, -0.05) is 318 Å². The van der Waals surface area contributed by atoms with E-state index in [1.54, 1.807) is 0 Å². The van der Waals surface area contributed by atoms with Gasteiger partial charge in [-0.05, 0) is 83.5 Å². The van der Waals surface area contributed by atoms with Crippen LogP contribution in [0.2, 0.25) is 0 Å². The molecule has 0 saturated carbocycles. The first-order chi connectivity index (χ1) is 38.5. The second-order valence-corrected chi connectivity index (χ2v) is 22.7. The van der Waals surface area contributed by atoms with E-state index in [2.05, 4.69) is 93.7 Å². The third-order valence-electron chi connectivity index (χ3n) is 14.9. The van der Waals surface area contributed by atoms with Crippen LogP contribution in [0.25, 0.3) is 0 Å². The van der Waals surface area contributed by atoms with Crippen molar-refractivity contribution in [2.75, 3.05) is 13.2 Å². The quantitative estimate of drug-likeness (QED) is 0.0261. The highest BCUT2D eigenvalue weighted by Gasteiger charge is 2.19. The molecule has 6 heteroatoms. The van der Waals surface area contributed by atoms with Crippen LogP contribution < -0.4 is 0 Å². The zero-order valence-corrected chi connectivity index (χ0v) is 51.9. The third kappa shape index (κ3) is 63.7. The molecule has 6 nitrogen and oxygen atoms in total. The standard InChI is InChI=1S/C72H128O6/c1-4-7-10-13-16-19-22-25-28-29-30-31-32-33-34-35-36-37-38-39-40-41-42-43-45-47-50-53-56-59-62-65-71(74)77-68-69(67-76-70(73)64-61-58-55-52-49-46-27-24-21-18-15-12-9-6-3)78-72(75)66-63-60-57-54-51-48-44-26-23-20-17-14-11-8-5-2/h8,11,15,17-18,20,24,26-27,44,51,54,69H,4-7,9-10,12-14,16,19,21-23,25,28-43,45-50,52-53,55-68H2,1-3H3/b11-8-,18-15-,20-17-,27-24-,44-26-,54-51-. The molecule has 452 valence electrons. The predicted molar refractivity (Wildman–Crippen MR) is 339 cm³/mol. The second kappa shape index (κ2) is 66.4. The summed E-state index contributed by atoms with van der Waals surface area (Å²) in [5.41, 5.74) is 0. The summed E-state index contributed by atoms with van der Waals surface area (Å²) in [5, 5.41) is 0. The number of carbonyl (C=O) groups is 3. The largest absolute Gasteiger partial charge is 0.462 e. The van der Waals surface area contributed by atoms with E-state index in [4.69, 9.17) is 14.2 Å². The van der Waals surface area contributed by atoms with Gasteiger partial charge in [0.05, 0.1) is 0 Å². The van der Waals surface area contributed by atoms with Crippen molar-refractivity contribution in [3.05, 3.63) is 72.9 Å². The summed E-state index contributed by atoms with van der Waals surface area (Å²) in [6, 6.07) is 0. The molecule has 0 heterocycles. The Morgan fingerprint density at radius 2 is 0.513 bits per heavy atom. The average molecular weight is 1090 g/mol. The molecule has 0 aliphatic carbocycles. The molecule has 1 atom stereocenters. The van der Waals surface area contributed by atoms with Gasteiger partial charge in [0.2, 0.25) is 0 Å². The molecule has 0 spiro atoms. The molecule has 0 saturated heterocycles. The van der Waals surface area contributed by atoms with Gasteiger partial charge in [-0.25, -0.2) is 0 Å². The summed E-state index contributed by atoms with van der Waals surface area (Å²) in [5.74, 6) is -0.936. The number of carbonyl (C=O) groups excluding carboxylic acids is 3. The number of ether oxygens (including phenoxy) is 3. The maximum atomic E-state index is 12.9. The van der Waals surface area contributed by atoms with Crippen molar-refractivity contribution in [3.63, 3.8) is 0 Å². The van der Waals surface area contributed by atoms with E-state index in [9.17, 15) is 14.4 Å². The molecule has 0 amide bonds. The van der Waals surface area contributed by atoms with Crippen molar-refractivity contribution in [1.82, 2.24) is 0 Å². The van der Waals surface area contributed by atoms with Crippen LogP contribution in [0.15, 0.2) is 72.9 Å². The molecule has 0 bridgehead atoms. The summed E-state index contributed by atoms with van der Waals surface area (Å²) in [7, 11) is 0. The van der Waals surface area contributed by atoms with E-state index in [-0.39, 0.29) is 37.5 Å². The number of rotatable bonds is 62. The van der Waals surface area contributed by atoms with Crippen LogP contribution in [-0.2, 0) is 28.6 Å². The summed E-state index contributed by atoms with van der Waals surface area (Å²) >= 11 is 0. The lowest BCUT2D eigenvalue weighted by atomic mass is 10.0. The van der Waals surface area contributed by atoms with Gasteiger partial charge in [-0.3, -0.25) is 14.4 Å². The normalized spacial score (nSPS) is 12.5. The lowest BCUT2D eigenvalue weighted by molar-refractivity contribution is -0.167. The molecule has 78 heavy (non-hydrogen) atoms. The number of hydrogen-bond acceptors (Lipinski definition) is 6. The van der Waals surface area contributed by atoms with Crippen molar-refractivity contribution in [3.8, 4) is 0 Å². The summed E-state index contributed by atoms with van der Waals surface area (Å²) in [4.78, 5) is 38.3. The van der Waals surface area contributed by atoms with Crippen LogP contribution in [0.1, 0.15) is 348 Å². The fourth-order valence-corrected chi connectivity index (χ4v) is 9.87. The zero-order chi connectivity index (χ0) is 56.4. The Morgan fingerprint density at radius 1 is 0.269 bits per heavy atom. The number of hydrogen-bond donors (Lipinski definition) is 0. The van der Waals surface area contributed by atoms with Crippen LogP contribution in [0, 0.1) is 0 Å². The Kier molecular flexibility index (Phi) is 63.7. The van der Waals surface area contributed by atoms with Crippen LogP contribution >= 0.6 is 0 Å². The third-order valence-corrected chi connectivity index (χ3v) is 14.9. The van der Waals surface area contributed by atoms with Crippen molar-refractivity contribution < 1.29 is 28.6 Å². The van der Waals surface area contributed by atoms with E-state index >= 15 is 0 Å². The van der Waals surface area contributed by atoms with E-state index in [0.717, 1.165) is 103 Å². The molecule has 0 aromatic heterocycles. The second-order valence-electron chi connectivity index (χ2n) is 22.7. The van der Waals surface area contributed by atoms with E-state index in [1.807, 2.05) is 0 Å². The van der Waals surface area contributed by atoms with Crippen molar-refractivity contribution in [1.29, 1.82) is 0 Å². The molecule has 0 aromatic carbocycles.